The summed E-state index contributed by atoms with van der Waals surface area (Å²) in [6, 6.07) is 7.62. The lowest BCUT2D eigenvalue weighted by Crippen LogP contribution is -2.38. The van der Waals surface area contributed by atoms with E-state index >= 15 is 0 Å². The summed E-state index contributed by atoms with van der Waals surface area (Å²) < 4.78 is 0. The Morgan fingerprint density at radius 2 is 2.28 bits per heavy atom. The van der Waals surface area contributed by atoms with E-state index in [2.05, 4.69) is 6.92 Å². The highest BCUT2D eigenvalue weighted by Gasteiger charge is 2.28. The van der Waals surface area contributed by atoms with Crippen LogP contribution in [0.4, 0.5) is 11.4 Å². The number of nitrogens with zero attached hydrogens (tertiary/aromatic N) is 1. The maximum absolute atomic E-state index is 12.5. The predicted octanol–water partition coefficient (Wildman–Crippen LogP) is 2.91. The zero-order valence-corrected chi connectivity index (χ0v) is 11.6. The molecule has 1 aromatic carbocycles. The minimum absolute atomic E-state index is 0.121. The molecule has 2 rings (SSSR count). The predicted molar refractivity (Wildman–Crippen MR) is 79.0 cm³/mol. The van der Waals surface area contributed by atoms with Crippen LogP contribution in [0.15, 0.2) is 24.3 Å². The molecule has 2 N–H and O–H groups in total. The highest BCUT2D eigenvalue weighted by atomic mass is 32.2. The first kappa shape index (κ1) is 13.3. The van der Waals surface area contributed by atoms with Gasteiger partial charge in [-0.2, -0.15) is 0 Å². The van der Waals surface area contributed by atoms with Gasteiger partial charge in [-0.15, -0.1) is 11.8 Å². The third kappa shape index (κ3) is 2.80. The number of para-hydroxylation sites is 2. The molecule has 1 aromatic rings. The van der Waals surface area contributed by atoms with Crippen molar-refractivity contribution in [1.29, 1.82) is 0 Å². The highest BCUT2D eigenvalue weighted by molar-refractivity contribution is 8.00. The van der Waals surface area contributed by atoms with Crippen LogP contribution in [-0.4, -0.2) is 23.5 Å². The fourth-order valence-corrected chi connectivity index (χ4v) is 3.47. The van der Waals surface area contributed by atoms with E-state index in [0.717, 1.165) is 37.2 Å². The summed E-state index contributed by atoms with van der Waals surface area (Å²) >= 11 is 1.77. The van der Waals surface area contributed by atoms with Crippen LogP contribution in [0.2, 0.25) is 0 Å². The molecule has 0 aliphatic carbocycles. The zero-order chi connectivity index (χ0) is 13.0. The quantitative estimate of drug-likeness (QED) is 0.851. The summed E-state index contributed by atoms with van der Waals surface area (Å²) in [6.45, 7) is 2.82. The molecule has 98 valence electrons. The van der Waals surface area contributed by atoms with Gasteiger partial charge in [-0.1, -0.05) is 19.1 Å². The maximum Gasteiger partial charge on any atom is 0.240 e. The topological polar surface area (TPSA) is 46.3 Å². The normalized spacial score (nSPS) is 18.8. The van der Waals surface area contributed by atoms with Crippen LogP contribution in [0.3, 0.4) is 0 Å². The number of nitrogen functional groups attached to an aromatic ring is 1. The van der Waals surface area contributed by atoms with Crippen molar-refractivity contribution >= 4 is 29.0 Å². The van der Waals surface area contributed by atoms with Crippen LogP contribution >= 0.6 is 11.8 Å². The van der Waals surface area contributed by atoms with Gasteiger partial charge in [0.05, 0.1) is 16.6 Å². The molecular weight excluding hydrogens is 244 g/mol. The number of rotatable bonds is 4. The van der Waals surface area contributed by atoms with Crippen LogP contribution in [0.5, 0.6) is 0 Å². The van der Waals surface area contributed by atoms with Gasteiger partial charge in [-0.25, -0.2) is 0 Å². The second kappa shape index (κ2) is 6.14. The second-order valence-electron chi connectivity index (χ2n) is 4.55. The number of benzene rings is 1. The van der Waals surface area contributed by atoms with Crippen LogP contribution in [0, 0.1) is 0 Å². The van der Waals surface area contributed by atoms with Gasteiger partial charge in [0, 0.05) is 6.54 Å². The number of carbonyl (C=O) groups is 1. The summed E-state index contributed by atoms with van der Waals surface area (Å²) in [5.74, 6) is 1.32. The summed E-state index contributed by atoms with van der Waals surface area (Å²) in [5.41, 5.74) is 7.53. The van der Waals surface area contributed by atoms with Gasteiger partial charge in [0.15, 0.2) is 0 Å². The van der Waals surface area contributed by atoms with Crippen LogP contribution < -0.4 is 10.6 Å². The van der Waals surface area contributed by atoms with Gasteiger partial charge in [0.1, 0.15) is 0 Å². The minimum atomic E-state index is 0.121. The van der Waals surface area contributed by atoms with Crippen LogP contribution in [0.25, 0.3) is 0 Å². The molecule has 0 spiro atoms. The van der Waals surface area contributed by atoms with Gasteiger partial charge in [-0.3, -0.25) is 4.79 Å². The molecular formula is C14H20N2OS. The molecule has 0 saturated carbocycles. The smallest absolute Gasteiger partial charge is 0.240 e. The van der Waals surface area contributed by atoms with Gasteiger partial charge in [-0.05, 0) is 37.1 Å². The number of carbonyl (C=O) groups excluding carboxylic acids is 1. The highest BCUT2D eigenvalue weighted by Crippen LogP contribution is 2.31. The van der Waals surface area contributed by atoms with E-state index in [1.165, 1.54) is 0 Å². The van der Waals surface area contributed by atoms with Gasteiger partial charge >= 0.3 is 0 Å². The first-order valence-electron chi connectivity index (χ1n) is 6.51. The Bertz CT molecular complexity index is 416. The number of hydrogen-bond donors (Lipinski definition) is 1. The Hall–Kier alpha value is -1.16. The third-order valence-corrected chi connectivity index (χ3v) is 4.51. The van der Waals surface area contributed by atoms with E-state index in [1.807, 2.05) is 29.2 Å². The number of amides is 1. The Kier molecular flexibility index (Phi) is 4.53. The summed E-state index contributed by atoms with van der Waals surface area (Å²) in [4.78, 5) is 14.4. The fourth-order valence-electron chi connectivity index (χ4n) is 2.25. The van der Waals surface area contributed by atoms with Crippen molar-refractivity contribution in [2.45, 2.75) is 31.4 Å². The standard InChI is InChI=1S/C14H20N2OS/c1-2-9-16(12-7-4-3-6-11(12)15)14(17)13-8-5-10-18-13/h3-4,6-7,13H,2,5,8-10,15H2,1H3. The molecule has 1 aliphatic rings. The summed E-state index contributed by atoms with van der Waals surface area (Å²) in [6.07, 6.45) is 3.08. The van der Waals surface area contributed by atoms with Crippen molar-refractivity contribution in [2.24, 2.45) is 0 Å². The Balaban J connectivity index is 2.22. The van der Waals surface area contributed by atoms with Gasteiger partial charge < -0.3 is 10.6 Å². The SMILES string of the molecule is CCCN(C(=O)C1CCCS1)c1ccccc1N. The largest absolute Gasteiger partial charge is 0.397 e. The lowest BCUT2D eigenvalue weighted by Gasteiger charge is -2.26. The summed E-state index contributed by atoms with van der Waals surface area (Å²) in [5, 5.41) is 0.121. The first-order valence-corrected chi connectivity index (χ1v) is 7.56. The van der Waals surface area contributed by atoms with Crippen molar-refractivity contribution in [1.82, 2.24) is 0 Å². The monoisotopic (exact) mass is 264 g/mol. The molecule has 0 bridgehead atoms. The maximum atomic E-state index is 12.5. The molecule has 1 unspecified atom stereocenters. The molecule has 3 nitrogen and oxygen atoms in total. The molecule has 0 radical (unpaired) electrons. The van der Waals surface area contributed by atoms with E-state index in [0.29, 0.717) is 5.69 Å². The van der Waals surface area contributed by atoms with E-state index in [9.17, 15) is 4.79 Å². The van der Waals surface area contributed by atoms with E-state index in [1.54, 1.807) is 11.8 Å². The van der Waals surface area contributed by atoms with Gasteiger partial charge in [0.2, 0.25) is 5.91 Å². The van der Waals surface area contributed by atoms with E-state index < -0.39 is 0 Å². The molecule has 1 fully saturated rings. The summed E-state index contributed by atoms with van der Waals surface area (Å²) in [7, 11) is 0. The van der Waals surface area contributed by atoms with Crippen LogP contribution in [0.1, 0.15) is 26.2 Å². The van der Waals surface area contributed by atoms with Crippen molar-refractivity contribution in [2.75, 3.05) is 22.9 Å². The molecule has 1 amide bonds. The van der Waals surface area contributed by atoms with E-state index in [4.69, 9.17) is 5.73 Å². The average molecular weight is 264 g/mol. The number of thioether (sulfide) groups is 1. The molecule has 4 heteroatoms. The first-order chi connectivity index (χ1) is 8.74. The molecule has 1 atom stereocenters. The molecule has 1 saturated heterocycles. The zero-order valence-electron chi connectivity index (χ0n) is 10.8. The molecule has 0 aromatic heterocycles. The molecule has 1 heterocycles. The average Bonchev–Trinajstić information content (AvgIpc) is 2.90. The Morgan fingerprint density at radius 3 is 2.89 bits per heavy atom. The van der Waals surface area contributed by atoms with Crippen molar-refractivity contribution in [3.8, 4) is 0 Å². The number of nitrogens with two attached hydrogens (primary N) is 1. The fraction of sp³-hybridized carbons (Fsp3) is 0.500. The number of hydrogen-bond acceptors (Lipinski definition) is 3. The Labute approximate surface area is 113 Å². The van der Waals surface area contributed by atoms with Crippen molar-refractivity contribution < 1.29 is 4.79 Å². The molecule has 18 heavy (non-hydrogen) atoms. The lowest BCUT2D eigenvalue weighted by atomic mass is 10.2. The van der Waals surface area contributed by atoms with Crippen molar-refractivity contribution in [3.05, 3.63) is 24.3 Å². The van der Waals surface area contributed by atoms with Crippen molar-refractivity contribution in [3.63, 3.8) is 0 Å². The second-order valence-corrected chi connectivity index (χ2v) is 5.86. The molecule has 1 aliphatic heterocycles. The van der Waals surface area contributed by atoms with E-state index in [-0.39, 0.29) is 11.2 Å². The minimum Gasteiger partial charge on any atom is -0.397 e. The Morgan fingerprint density at radius 1 is 1.50 bits per heavy atom. The number of anilines is 2. The lowest BCUT2D eigenvalue weighted by molar-refractivity contribution is -0.118. The van der Waals surface area contributed by atoms with Gasteiger partial charge in [0.25, 0.3) is 0 Å². The third-order valence-electron chi connectivity index (χ3n) is 3.15. The van der Waals surface area contributed by atoms with Crippen LogP contribution in [-0.2, 0) is 4.79 Å².